The number of hydrogen-bond donors (Lipinski definition) is 1. The van der Waals surface area contributed by atoms with E-state index in [0.29, 0.717) is 12.0 Å². The summed E-state index contributed by atoms with van der Waals surface area (Å²) in [6, 6.07) is 4.35. The monoisotopic (exact) mass is 273 g/mol. The fourth-order valence-corrected chi connectivity index (χ4v) is 3.93. The third-order valence-electron chi connectivity index (χ3n) is 5.30. The molecule has 2 fully saturated rings. The molecule has 0 amide bonds. The fraction of sp³-hybridized carbons (Fsp3) is 0.706. The van der Waals surface area contributed by atoms with E-state index in [1.54, 1.807) is 0 Å². The van der Waals surface area contributed by atoms with Crippen molar-refractivity contribution in [3.05, 3.63) is 23.9 Å². The first-order valence-electron chi connectivity index (χ1n) is 8.21. The van der Waals surface area contributed by atoms with Crippen LogP contribution in [0.5, 0.6) is 0 Å². The Balaban J connectivity index is 1.59. The first-order valence-corrected chi connectivity index (χ1v) is 8.21. The minimum absolute atomic E-state index is 0.675. The molecule has 0 atom stereocenters. The summed E-state index contributed by atoms with van der Waals surface area (Å²) in [6.45, 7) is 3.07. The molecule has 2 heterocycles. The number of nitrogens with zero attached hydrogens (tertiary/aromatic N) is 2. The first kappa shape index (κ1) is 13.9. The molecule has 1 saturated carbocycles. The van der Waals surface area contributed by atoms with Gasteiger partial charge in [-0.1, -0.05) is 25.3 Å². The number of rotatable bonds is 3. The minimum atomic E-state index is 0.675. The molecule has 1 saturated heterocycles. The lowest BCUT2D eigenvalue weighted by Gasteiger charge is -2.44. The Morgan fingerprint density at radius 2 is 1.80 bits per heavy atom. The van der Waals surface area contributed by atoms with E-state index in [1.807, 2.05) is 6.20 Å². The van der Waals surface area contributed by atoms with Gasteiger partial charge >= 0.3 is 0 Å². The van der Waals surface area contributed by atoms with Gasteiger partial charge in [-0.2, -0.15) is 0 Å². The molecule has 1 aromatic rings. The van der Waals surface area contributed by atoms with Gasteiger partial charge in [0.1, 0.15) is 5.82 Å². The molecule has 3 nitrogen and oxygen atoms in total. The molecule has 1 aliphatic heterocycles. The van der Waals surface area contributed by atoms with Crippen molar-refractivity contribution in [3.8, 4) is 0 Å². The largest absolute Gasteiger partial charge is 0.357 e. The highest BCUT2D eigenvalue weighted by Crippen LogP contribution is 2.44. The highest BCUT2D eigenvalue weighted by Gasteiger charge is 2.35. The number of hydrogen-bond acceptors (Lipinski definition) is 3. The molecule has 3 rings (SSSR count). The van der Waals surface area contributed by atoms with Crippen LogP contribution >= 0.6 is 0 Å². The van der Waals surface area contributed by atoms with E-state index in [4.69, 9.17) is 5.73 Å². The van der Waals surface area contributed by atoms with Crippen LogP contribution in [0.4, 0.5) is 5.82 Å². The average Bonchev–Trinajstić information content (AvgIpc) is 2.50. The first-order chi connectivity index (χ1) is 9.81. The number of anilines is 1. The number of piperidine rings is 1. The Morgan fingerprint density at radius 3 is 2.40 bits per heavy atom. The van der Waals surface area contributed by atoms with Gasteiger partial charge in [-0.25, -0.2) is 4.98 Å². The van der Waals surface area contributed by atoms with Gasteiger partial charge in [0.2, 0.25) is 0 Å². The number of nitrogens with two attached hydrogens (primary N) is 1. The van der Waals surface area contributed by atoms with Crippen LogP contribution in [-0.4, -0.2) is 24.6 Å². The van der Waals surface area contributed by atoms with Gasteiger partial charge in [0.15, 0.2) is 0 Å². The summed E-state index contributed by atoms with van der Waals surface area (Å²) in [5, 5.41) is 0. The zero-order valence-corrected chi connectivity index (χ0v) is 12.5. The topological polar surface area (TPSA) is 42.1 Å². The Labute approximate surface area is 122 Å². The average molecular weight is 273 g/mol. The smallest absolute Gasteiger partial charge is 0.128 e. The summed E-state index contributed by atoms with van der Waals surface area (Å²) >= 11 is 0. The van der Waals surface area contributed by atoms with E-state index in [0.717, 1.165) is 12.2 Å². The molecular formula is C17H27N3. The molecule has 110 valence electrons. The Bertz CT molecular complexity index is 410. The second kappa shape index (κ2) is 6.13. The lowest BCUT2D eigenvalue weighted by atomic mass is 9.68. The van der Waals surface area contributed by atoms with E-state index in [9.17, 15) is 0 Å². The normalized spacial score (nSPS) is 22.1. The summed E-state index contributed by atoms with van der Waals surface area (Å²) in [5.41, 5.74) is 7.50. The number of pyridine rings is 1. The Morgan fingerprint density at radius 1 is 1.05 bits per heavy atom. The second-order valence-electron chi connectivity index (χ2n) is 6.61. The molecule has 1 aromatic heterocycles. The van der Waals surface area contributed by atoms with Crippen molar-refractivity contribution in [1.29, 1.82) is 0 Å². The van der Waals surface area contributed by atoms with Crippen molar-refractivity contribution in [1.82, 2.24) is 4.98 Å². The molecule has 0 unspecified atom stereocenters. The summed E-state index contributed by atoms with van der Waals surface area (Å²) in [5.74, 6) is 1.15. The van der Waals surface area contributed by atoms with Gasteiger partial charge < -0.3 is 10.6 Å². The highest BCUT2D eigenvalue weighted by molar-refractivity contribution is 5.40. The van der Waals surface area contributed by atoms with E-state index < -0.39 is 0 Å². The maximum absolute atomic E-state index is 5.58. The van der Waals surface area contributed by atoms with Crippen molar-refractivity contribution in [2.24, 2.45) is 11.1 Å². The molecule has 20 heavy (non-hydrogen) atoms. The van der Waals surface area contributed by atoms with Crippen LogP contribution in [0.1, 0.15) is 50.5 Å². The molecule has 0 aromatic carbocycles. The van der Waals surface area contributed by atoms with Crippen LogP contribution in [0.2, 0.25) is 0 Å². The zero-order chi connectivity index (χ0) is 13.8. The van der Waals surface area contributed by atoms with Crippen LogP contribution < -0.4 is 10.6 Å². The van der Waals surface area contributed by atoms with Gasteiger partial charge in [-0.05, 0) is 55.7 Å². The highest BCUT2D eigenvalue weighted by atomic mass is 15.2. The molecule has 2 N–H and O–H groups in total. The van der Waals surface area contributed by atoms with Gasteiger partial charge in [0, 0.05) is 19.3 Å². The second-order valence-corrected chi connectivity index (χ2v) is 6.61. The molecular weight excluding hydrogens is 246 g/mol. The molecule has 1 aliphatic carbocycles. The van der Waals surface area contributed by atoms with E-state index in [2.05, 4.69) is 22.0 Å². The predicted molar refractivity (Wildman–Crippen MR) is 84.0 cm³/mol. The fourth-order valence-electron chi connectivity index (χ4n) is 3.93. The predicted octanol–water partition coefficient (Wildman–Crippen LogP) is 3.13. The van der Waals surface area contributed by atoms with Crippen LogP contribution in [0.15, 0.2) is 18.3 Å². The standard InChI is InChI=1S/C17H27N3/c18-11-6-15-4-5-16(19-14-15)20-12-9-17(10-13-20)7-2-1-3-8-17/h4-5,14H,1-3,6-13,18H2. The van der Waals surface area contributed by atoms with Gasteiger partial charge in [-0.15, -0.1) is 0 Å². The zero-order valence-electron chi connectivity index (χ0n) is 12.5. The van der Waals surface area contributed by atoms with Crippen molar-refractivity contribution < 1.29 is 0 Å². The molecule has 2 aliphatic rings. The third kappa shape index (κ3) is 2.98. The third-order valence-corrected chi connectivity index (χ3v) is 5.30. The minimum Gasteiger partial charge on any atom is -0.357 e. The lowest BCUT2D eigenvalue weighted by Crippen LogP contribution is -2.41. The molecule has 0 bridgehead atoms. The van der Waals surface area contributed by atoms with Gasteiger partial charge in [0.05, 0.1) is 0 Å². The maximum atomic E-state index is 5.58. The Hall–Kier alpha value is -1.09. The van der Waals surface area contributed by atoms with Crippen LogP contribution in [0.3, 0.4) is 0 Å². The van der Waals surface area contributed by atoms with Crippen molar-refractivity contribution >= 4 is 5.82 Å². The maximum Gasteiger partial charge on any atom is 0.128 e. The van der Waals surface area contributed by atoms with Crippen molar-refractivity contribution in [3.63, 3.8) is 0 Å². The SMILES string of the molecule is NCCc1ccc(N2CCC3(CCCCC3)CC2)nc1. The molecule has 0 radical (unpaired) electrons. The van der Waals surface area contributed by atoms with Crippen LogP contribution in [0.25, 0.3) is 0 Å². The Kier molecular flexibility index (Phi) is 4.25. The number of aromatic nitrogens is 1. The summed E-state index contributed by atoms with van der Waals surface area (Å²) < 4.78 is 0. The van der Waals surface area contributed by atoms with Crippen LogP contribution in [-0.2, 0) is 6.42 Å². The van der Waals surface area contributed by atoms with Crippen molar-refractivity contribution in [2.45, 2.75) is 51.4 Å². The van der Waals surface area contributed by atoms with E-state index in [-0.39, 0.29) is 0 Å². The molecule has 3 heteroatoms. The molecule has 1 spiro atoms. The lowest BCUT2D eigenvalue weighted by molar-refractivity contribution is 0.144. The van der Waals surface area contributed by atoms with E-state index in [1.165, 1.54) is 63.6 Å². The van der Waals surface area contributed by atoms with Crippen molar-refractivity contribution in [2.75, 3.05) is 24.5 Å². The summed E-state index contributed by atoms with van der Waals surface area (Å²) in [4.78, 5) is 7.09. The quantitative estimate of drug-likeness (QED) is 0.920. The summed E-state index contributed by atoms with van der Waals surface area (Å²) in [7, 11) is 0. The summed E-state index contributed by atoms with van der Waals surface area (Å²) in [6.07, 6.45) is 12.9. The van der Waals surface area contributed by atoms with Crippen LogP contribution in [0, 0.1) is 5.41 Å². The van der Waals surface area contributed by atoms with Gasteiger partial charge in [0.25, 0.3) is 0 Å². The van der Waals surface area contributed by atoms with E-state index >= 15 is 0 Å². The van der Waals surface area contributed by atoms with Gasteiger partial charge in [-0.3, -0.25) is 0 Å².